The molecule has 3 nitrogen and oxygen atoms in total. The first-order valence-corrected chi connectivity index (χ1v) is 9.04. The largest absolute Gasteiger partial charge is 0.481 e. The minimum absolute atomic E-state index is 0.148. The molecule has 0 unspecified atom stereocenters. The van der Waals surface area contributed by atoms with Gasteiger partial charge in [-0.15, -0.1) is 0 Å². The van der Waals surface area contributed by atoms with Gasteiger partial charge in [-0.1, -0.05) is 36.4 Å². The second-order valence-electron chi connectivity index (χ2n) is 5.46. The lowest BCUT2D eigenvalue weighted by molar-refractivity contribution is -0.127. The molecule has 0 aromatic heterocycles. The van der Waals surface area contributed by atoms with Gasteiger partial charge in [-0.05, 0) is 37.1 Å². The van der Waals surface area contributed by atoms with Crippen molar-refractivity contribution >= 4 is 17.7 Å². The van der Waals surface area contributed by atoms with Crippen LogP contribution in [0.1, 0.15) is 18.1 Å². The van der Waals surface area contributed by atoms with Gasteiger partial charge in [-0.25, -0.2) is 4.39 Å². The normalized spacial score (nSPS) is 11.8. The lowest BCUT2D eigenvalue weighted by atomic mass is 10.2. The Hall–Kier alpha value is -2.01. The summed E-state index contributed by atoms with van der Waals surface area (Å²) in [6.07, 6.45) is -0.553. The van der Waals surface area contributed by atoms with Gasteiger partial charge in [0.25, 0.3) is 5.91 Å². The summed E-state index contributed by atoms with van der Waals surface area (Å²) in [5.41, 5.74) is 1.68. The first-order chi connectivity index (χ1) is 11.6. The van der Waals surface area contributed by atoms with Crippen molar-refractivity contribution in [3.05, 3.63) is 65.5 Å². The number of halogens is 1. The van der Waals surface area contributed by atoms with E-state index >= 15 is 0 Å². The van der Waals surface area contributed by atoms with Crippen LogP contribution in [0.5, 0.6) is 5.75 Å². The molecule has 0 bridgehead atoms. The van der Waals surface area contributed by atoms with E-state index in [0.717, 1.165) is 11.3 Å². The van der Waals surface area contributed by atoms with Gasteiger partial charge in [0.15, 0.2) is 6.10 Å². The predicted molar refractivity (Wildman–Crippen MR) is 96.8 cm³/mol. The van der Waals surface area contributed by atoms with Crippen LogP contribution in [-0.2, 0) is 10.5 Å². The number of carbonyl (C=O) groups is 1. The maximum atomic E-state index is 13.5. The molecule has 5 heteroatoms. The Kier molecular flexibility index (Phi) is 7.12. The fourth-order valence-electron chi connectivity index (χ4n) is 2.12. The fourth-order valence-corrected chi connectivity index (χ4v) is 2.97. The predicted octanol–water partition coefficient (Wildman–Crippen LogP) is 3.95. The average molecular weight is 347 g/mol. The van der Waals surface area contributed by atoms with E-state index in [4.69, 9.17) is 4.74 Å². The van der Waals surface area contributed by atoms with Gasteiger partial charge in [-0.2, -0.15) is 11.8 Å². The standard InChI is InChI=1S/C19H22FNO2S/c1-14-7-3-6-10-18(14)23-15(2)19(22)21-11-12-24-13-16-8-4-5-9-17(16)20/h3-10,15H,11-13H2,1-2H3,(H,21,22)/t15-/m0/s1. The highest BCUT2D eigenvalue weighted by molar-refractivity contribution is 7.98. The number of rotatable bonds is 8. The second-order valence-corrected chi connectivity index (χ2v) is 6.57. The lowest BCUT2D eigenvalue weighted by Gasteiger charge is -2.16. The minimum Gasteiger partial charge on any atom is -0.481 e. The Morgan fingerprint density at radius 2 is 1.92 bits per heavy atom. The summed E-state index contributed by atoms with van der Waals surface area (Å²) in [4.78, 5) is 12.0. The van der Waals surface area contributed by atoms with Gasteiger partial charge < -0.3 is 10.1 Å². The van der Waals surface area contributed by atoms with E-state index in [9.17, 15) is 9.18 Å². The molecular weight excluding hydrogens is 325 g/mol. The molecular formula is C19H22FNO2S. The van der Waals surface area contributed by atoms with Crippen LogP contribution < -0.4 is 10.1 Å². The molecule has 1 amide bonds. The van der Waals surface area contributed by atoms with Crippen LogP contribution in [0, 0.1) is 12.7 Å². The highest BCUT2D eigenvalue weighted by Crippen LogP contribution is 2.18. The number of thioether (sulfide) groups is 1. The third kappa shape index (κ3) is 5.57. The topological polar surface area (TPSA) is 38.3 Å². The van der Waals surface area contributed by atoms with Crippen molar-refractivity contribution in [2.24, 2.45) is 0 Å². The Labute approximate surface area is 146 Å². The molecule has 0 saturated heterocycles. The number of hydrogen-bond donors (Lipinski definition) is 1. The summed E-state index contributed by atoms with van der Waals surface area (Å²) in [6.45, 7) is 4.20. The molecule has 0 aliphatic heterocycles. The van der Waals surface area contributed by atoms with E-state index in [0.29, 0.717) is 23.6 Å². The number of carbonyl (C=O) groups excluding carboxylic acids is 1. The number of aryl methyl sites for hydroxylation is 1. The summed E-state index contributed by atoms with van der Waals surface area (Å²) in [7, 11) is 0. The van der Waals surface area contributed by atoms with Gasteiger partial charge >= 0.3 is 0 Å². The molecule has 0 heterocycles. The molecule has 2 rings (SSSR count). The first kappa shape index (κ1) is 18.3. The average Bonchev–Trinajstić information content (AvgIpc) is 2.58. The van der Waals surface area contributed by atoms with Crippen LogP contribution in [0.25, 0.3) is 0 Å². The maximum Gasteiger partial charge on any atom is 0.260 e. The van der Waals surface area contributed by atoms with Gasteiger partial charge in [0.1, 0.15) is 11.6 Å². The second kappa shape index (κ2) is 9.33. The Bertz CT molecular complexity index is 678. The van der Waals surface area contributed by atoms with Crippen molar-refractivity contribution in [2.75, 3.05) is 12.3 Å². The van der Waals surface area contributed by atoms with Crippen molar-refractivity contribution in [1.82, 2.24) is 5.32 Å². The number of ether oxygens (including phenoxy) is 1. The van der Waals surface area contributed by atoms with Gasteiger partial charge in [0, 0.05) is 18.1 Å². The number of hydrogen-bond acceptors (Lipinski definition) is 3. The summed E-state index contributed by atoms with van der Waals surface area (Å²) in [5, 5.41) is 2.84. The number of para-hydroxylation sites is 1. The molecule has 0 aliphatic rings. The molecule has 0 saturated carbocycles. The zero-order valence-electron chi connectivity index (χ0n) is 13.9. The van der Waals surface area contributed by atoms with E-state index in [-0.39, 0.29) is 11.7 Å². The van der Waals surface area contributed by atoms with Crippen LogP contribution in [0.15, 0.2) is 48.5 Å². The molecule has 0 spiro atoms. The highest BCUT2D eigenvalue weighted by atomic mass is 32.2. The smallest absolute Gasteiger partial charge is 0.260 e. The van der Waals surface area contributed by atoms with E-state index in [1.165, 1.54) is 6.07 Å². The third-order valence-corrected chi connectivity index (χ3v) is 4.54. The summed E-state index contributed by atoms with van der Waals surface area (Å²) in [6, 6.07) is 14.3. The van der Waals surface area contributed by atoms with Gasteiger partial charge in [0.05, 0.1) is 0 Å². The van der Waals surface area contributed by atoms with E-state index in [1.54, 1.807) is 30.8 Å². The molecule has 1 atom stereocenters. The van der Waals surface area contributed by atoms with Crippen LogP contribution in [0.2, 0.25) is 0 Å². The summed E-state index contributed by atoms with van der Waals surface area (Å²) in [5.74, 6) is 1.70. The van der Waals surface area contributed by atoms with Crippen LogP contribution >= 0.6 is 11.8 Å². The number of amides is 1. The van der Waals surface area contributed by atoms with Crippen molar-refractivity contribution in [3.63, 3.8) is 0 Å². The molecule has 2 aromatic carbocycles. The quantitative estimate of drug-likeness (QED) is 0.735. The number of nitrogens with one attached hydrogen (secondary N) is 1. The van der Waals surface area contributed by atoms with E-state index in [1.807, 2.05) is 37.3 Å². The molecule has 128 valence electrons. The highest BCUT2D eigenvalue weighted by Gasteiger charge is 2.14. The molecule has 0 aliphatic carbocycles. The van der Waals surface area contributed by atoms with E-state index in [2.05, 4.69) is 5.32 Å². The fraction of sp³-hybridized carbons (Fsp3) is 0.316. The third-order valence-electron chi connectivity index (χ3n) is 3.53. The Morgan fingerprint density at radius 1 is 1.21 bits per heavy atom. The molecule has 0 fully saturated rings. The summed E-state index contributed by atoms with van der Waals surface area (Å²) < 4.78 is 19.2. The molecule has 1 N–H and O–H groups in total. The van der Waals surface area contributed by atoms with Crippen molar-refractivity contribution in [2.45, 2.75) is 25.7 Å². The molecule has 0 radical (unpaired) electrons. The Balaban J connectivity index is 1.67. The van der Waals surface area contributed by atoms with Crippen LogP contribution in [0.4, 0.5) is 4.39 Å². The van der Waals surface area contributed by atoms with Gasteiger partial charge in [0.2, 0.25) is 0 Å². The summed E-state index contributed by atoms with van der Waals surface area (Å²) >= 11 is 1.59. The van der Waals surface area contributed by atoms with Crippen molar-refractivity contribution in [3.8, 4) is 5.75 Å². The van der Waals surface area contributed by atoms with Crippen molar-refractivity contribution < 1.29 is 13.9 Å². The number of benzene rings is 2. The van der Waals surface area contributed by atoms with Crippen molar-refractivity contribution in [1.29, 1.82) is 0 Å². The van der Waals surface area contributed by atoms with E-state index < -0.39 is 6.10 Å². The monoisotopic (exact) mass is 347 g/mol. The van der Waals surface area contributed by atoms with Crippen LogP contribution in [0.3, 0.4) is 0 Å². The molecule has 2 aromatic rings. The zero-order chi connectivity index (χ0) is 17.4. The lowest BCUT2D eigenvalue weighted by Crippen LogP contribution is -2.37. The molecule has 24 heavy (non-hydrogen) atoms. The minimum atomic E-state index is -0.553. The SMILES string of the molecule is Cc1ccccc1O[C@@H](C)C(=O)NCCSCc1ccccc1F. The van der Waals surface area contributed by atoms with Gasteiger partial charge in [-0.3, -0.25) is 4.79 Å². The zero-order valence-corrected chi connectivity index (χ0v) is 14.7. The Morgan fingerprint density at radius 3 is 2.67 bits per heavy atom. The maximum absolute atomic E-state index is 13.5. The van der Waals surface area contributed by atoms with Crippen LogP contribution in [-0.4, -0.2) is 24.3 Å². The first-order valence-electron chi connectivity index (χ1n) is 7.89.